The first-order valence-corrected chi connectivity index (χ1v) is 11.5. The molecule has 1 N–H and O–H groups in total. The van der Waals surface area contributed by atoms with Crippen molar-refractivity contribution in [1.82, 2.24) is 15.2 Å². The molecule has 0 spiro atoms. The van der Waals surface area contributed by atoms with E-state index in [4.69, 9.17) is 5.26 Å². The quantitative estimate of drug-likeness (QED) is 0.576. The molecule has 6 heteroatoms. The third-order valence-electron chi connectivity index (χ3n) is 6.03. The molecule has 0 atom stereocenters. The van der Waals surface area contributed by atoms with Crippen molar-refractivity contribution in [1.29, 1.82) is 5.26 Å². The van der Waals surface area contributed by atoms with Gasteiger partial charge in [0.15, 0.2) is 0 Å². The molecular weight excluding hydrogens is 410 g/mol. The van der Waals surface area contributed by atoms with Crippen LogP contribution in [0, 0.1) is 11.3 Å². The molecule has 1 aliphatic heterocycles. The summed E-state index contributed by atoms with van der Waals surface area (Å²) < 4.78 is 0. The highest BCUT2D eigenvalue weighted by molar-refractivity contribution is 5.78. The van der Waals surface area contributed by atoms with Gasteiger partial charge in [-0.25, -0.2) is 4.98 Å². The fourth-order valence-electron chi connectivity index (χ4n) is 4.20. The van der Waals surface area contributed by atoms with Crippen molar-refractivity contribution >= 4 is 17.4 Å². The van der Waals surface area contributed by atoms with Crippen LogP contribution in [0.25, 0.3) is 0 Å². The molecule has 0 bridgehead atoms. The molecule has 3 aromatic rings. The molecular formula is C27H29N5O. The molecule has 2 heterocycles. The van der Waals surface area contributed by atoms with E-state index in [1.165, 1.54) is 0 Å². The first-order chi connectivity index (χ1) is 16.2. The number of anilines is 2. The van der Waals surface area contributed by atoms with Gasteiger partial charge in [-0.2, -0.15) is 5.26 Å². The second-order valence-corrected chi connectivity index (χ2v) is 8.34. The summed E-state index contributed by atoms with van der Waals surface area (Å²) in [5, 5.41) is 12.1. The molecule has 1 aliphatic rings. The Morgan fingerprint density at radius 1 is 1.03 bits per heavy atom. The normalized spacial score (nSPS) is 14.4. The lowest BCUT2D eigenvalue weighted by Gasteiger charge is -2.34. The van der Waals surface area contributed by atoms with Crippen molar-refractivity contribution in [2.75, 3.05) is 31.1 Å². The van der Waals surface area contributed by atoms with Crippen molar-refractivity contribution in [3.8, 4) is 6.07 Å². The minimum Gasteiger partial charge on any atom is -0.353 e. The van der Waals surface area contributed by atoms with Crippen molar-refractivity contribution in [3.63, 3.8) is 0 Å². The molecule has 0 aliphatic carbocycles. The molecule has 6 nitrogen and oxygen atoms in total. The van der Waals surface area contributed by atoms with Crippen LogP contribution in [0.4, 0.5) is 11.5 Å². The topological polar surface area (TPSA) is 72.3 Å². The zero-order valence-electron chi connectivity index (χ0n) is 18.7. The Bertz CT molecular complexity index is 1020. The Morgan fingerprint density at radius 2 is 1.76 bits per heavy atom. The molecule has 168 valence electrons. The number of aromatic nitrogens is 1. The number of amides is 1. The number of rotatable bonds is 8. The number of nitriles is 1. The van der Waals surface area contributed by atoms with Gasteiger partial charge in [-0.15, -0.1) is 0 Å². The summed E-state index contributed by atoms with van der Waals surface area (Å²) in [5.41, 5.74) is 2.68. The van der Waals surface area contributed by atoms with Gasteiger partial charge in [-0.1, -0.05) is 36.4 Å². The third-order valence-corrected chi connectivity index (χ3v) is 6.03. The van der Waals surface area contributed by atoms with E-state index in [9.17, 15) is 4.79 Å². The van der Waals surface area contributed by atoms with Crippen LogP contribution >= 0.6 is 0 Å². The van der Waals surface area contributed by atoms with E-state index in [1.807, 2.05) is 42.6 Å². The SMILES string of the molecule is N#Cc1ccc(CC(=O)NC2CCN(CCN(c3ccccc3)c3ccccn3)CC2)cc1. The molecule has 2 aromatic carbocycles. The van der Waals surface area contributed by atoms with Crippen molar-refractivity contribution in [3.05, 3.63) is 90.1 Å². The number of carbonyl (C=O) groups is 1. The summed E-state index contributed by atoms with van der Waals surface area (Å²) in [7, 11) is 0. The van der Waals surface area contributed by atoms with Gasteiger partial charge in [0.05, 0.1) is 18.1 Å². The molecule has 1 saturated heterocycles. The average molecular weight is 440 g/mol. The van der Waals surface area contributed by atoms with Gasteiger partial charge in [0, 0.05) is 44.1 Å². The van der Waals surface area contributed by atoms with Gasteiger partial charge in [0.2, 0.25) is 5.91 Å². The van der Waals surface area contributed by atoms with E-state index >= 15 is 0 Å². The van der Waals surface area contributed by atoms with Crippen LogP contribution < -0.4 is 10.2 Å². The minimum absolute atomic E-state index is 0.0450. The van der Waals surface area contributed by atoms with Crippen molar-refractivity contribution < 1.29 is 4.79 Å². The van der Waals surface area contributed by atoms with Crippen LogP contribution in [0.15, 0.2) is 79.0 Å². The molecule has 4 rings (SSSR count). The fourth-order valence-corrected chi connectivity index (χ4v) is 4.20. The van der Waals surface area contributed by atoms with E-state index in [0.717, 1.165) is 56.1 Å². The maximum atomic E-state index is 12.4. The third kappa shape index (κ3) is 6.41. The minimum atomic E-state index is 0.0450. The number of piperidine rings is 1. The number of hydrogen-bond acceptors (Lipinski definition) is 5. The highest BCUT2D eigenvalue weighted by Gasteiger charge is 2.21. The Morgan fingerprint density at radius 3 is 2.42 bits per heavy atom. The summed E-state index contributed by atoms with van der Waals surface area (Å²) in [5.74, 6) is 0.997. The first kappa shape index (κ1) is 22.5. The van der Waals surface area contributed by atoms with Gasteiger partial charge in [0.1, 0.15) is 5.82 Å². The van der Waals surface area contributed by atoms with Crippen LogP contribution in [-0.2, 0) is 11.2 Å². The van der Waals surface area contributed by atoms with Crippen molar-refractivity contribution in [2.45, 2.75) is 25.3 Å². The standard InChI is InChI=1S/C27H29N5O/c28-21-23-11-9-22(10-12-23)20-27(33)30-24-13-16-31(17-14-24)18-19-32(25-6-2-1-3-7-25)26-8-4-5-15-29-26/h1-12,15,24H,13-14,16-20H2,(H,30,33). The van der Waals surface area contributed by atoms with Crippen LogP contribution in [0.3, 0.4) is 0 Å². The molecule has 0 radical (unpaired) electrons. The van der Waals surface area contributed by atoms with E-state index in [2.05, 4.69) is 50.4 Å². The lowest BCUT2D eigenvalue weighted by molar-refractivity contribution is -0.121. The lowest BCUT2D eigenvalue weighted by atomic mass is 10.0. The zero-order chi connectivity index (χ0) is 22.9. The summed E-state index contributed by atoms with van der Waals surface area (Å²) in [6, 6.07) is 25.9. The van der Waals surface area contributed by atoms with Gasteiger partial charge in [0.25, 0.3) is 0 Å². The molecule has 0 unspecified atom stereocenters. The first-order valence-electron chi connectivity index (χ1n) is 11.5. The van der Waals surface area contributed by atoms with Crippen LogP contribution in [0.1, 0.15) is 24.0 Å². The highest BCUT2D eigenvalue weighted by Crippen LogP contribution is 2.23. The molecule has 1 fully saturated rings. The van der Waals surface area contributed by atoms with Crippen LogP contribution in [0.2, 0.25) is 0 Å². The van der Waals surface area contributed by atoms with Crippen LogP contribution in [-0.4, -0.2) is 48.0 Å². The van der Waals surface area contributed by atoms with E-state index in [1.54, 1.807) is 12.1 Å². The summed E-state index contributed by atoms with van der Waals surface area (Å²) in [4.78, 5) is 21.7. The number of nitrogens with zero attached hydrogens (tertiary/aromatic N) is 4. The number of para-hydroxylation sites is 1. The highest BCUT2D eigenvalue weighted by atomic mass is 16.1. The summed E-state index contributed by atoms with van der Waals surface area (Å²) in [6.07, 6.45) is 4.08. The largest absolute Gasteiger partial charge is 0.353 e. The van der Waals surface area contributed by atoms with Gasteiger partial charge < -0.3 is 15.1 Å². The van der Waals surface area contributed by atoms with Gasteiger partial charge >= 0.3 is 0 Å². The smallest absolute Gasteiger partial charge is 0.224 e. The Labute approximate surface area is 195 Å². The molecule has 1 aromatic heterocycles. The van der Waals surface area contributed by atoms with Crippen LogP contribution in [0.5, 0.6) is 0 Å². The zero-order valence-corrected chi connectivity index (χ0v) is 18.7. The predicted octanol–water partition coefficient (Wildman–Crippen LogP) is 3.91. The molecule has 33 heavy (non-hydrogen) atoms. The van der Waals surface area contributed by atoms with E-state index < -0.39 is 0 Å². The van der Waals surface area contributed by atoms with Crippen molar-refractivity contribution in [2.24, 2.45) is 0 Å². The van der Waals surface area contributed by atoms with Gasteiger partial charge in [-0.05, 0) is 54.8 Å². The Hall–Kier alpha value is -3.69. The second-order valence-electron chi connectivity index (χ2n) is 8.34. The molecule has 1 amide bonds. The molecule has 0 saturated carbocycles. The number of likely N-dealkylation sites (tertiary alicyclic amines) is 1. The monoisotopic (exact) mass is 439 g/mol. The maximum Gasteiger partial charge on any atom is 0.224 e. The summed E-state index contributed by atoms with van der Waals surface area (Å²) in [6.45, 7) is 3.73. The predicted molar refractivity (Wildman–Crippen MR) is 130 cm³/mol. The average Bonchev–Trinajstić information content (AvgIpc) is 2.87. The maximum absolute atomic E-state index is 12.4. The van der Waals surface area contributed by atoms with Gasteiger partial charge in [-0.3, -0.25) is 4.79 Å². The fraction of sp³-hybridized carbons (Fsp3) is 0.296. The number of benzene rings is 2. The second kappa shape index (κ2) is 11.3. The van der Waals surface area contributed by atoms with E-state index in [-0.39, 0.29) is 11.9 Å². The lowest BCUT2D eigenvalue weighted by Crippen LogP contribution is -2.46. The Balaban J connectivity index is 1.25. The Kier molecular flexibility index (Phi) is 7.68. The number of nitrogens with one attached hydrogen (secondary N) is 1. The number of carbonyl (C=O) groups excluding carboxylic acids is 1. The summed E-state index contributed by atoms with van der Waals surface area (Å²) >= 11 is 0. The number of hydrogen-bond donors (Lipinski definition) is 1. The number of pyridine rings is 1. The van der Waals surface area contributed by atoms with E-state index in [0.29, 0.717) is 12.0 Å².